The molecule has 0 heterocycles. The van der Waals surface area contributed by atoms with Crippen molar-refractivity contribution < 1.29 is 0 Å². The largest absolute Gasteiger partial charge is 0.0748 e. The molecule has 0 unspecified atom stereocenters. The topological polar surface area (TPSA) is 0 Å². The van der Waals surface area contributed by atoms with Gasteiger partial charge in [0.25, 0.3) is 0 Å². The number of rotatable bonds is 4. The van der Waals surface area contributed by atoms with Gasteiger partial charge in [-0.15, -0.1) is 0 Å². The summed E-state index contributed by atoms with van der Waals surface area (Å²) in [5.74, 6) is 0. The minimum absolute atomic E-state index is 0.290. The van der Waals surface area contributed by atoms with Gasteiger partial charge in [0.2, 0.25) is 0 Å². The van der Waals surface area contributed by atoms with Crippen molar-refractivity contribution >= 4 is 9.52 Å². The molecule has 0 fully saturated rings. The van der Waals surface area contributed by atoms with E-state index in [1.54, 1.807) is 0 Å². The van der Waals surface area contributed by atoms with Crippen LogP contribution in [0.4, 0.5) is 0 Å². The molecule has 0 bridgehead atoms. The molecular weight excluding hydrogens is 124 g/mol. The summed E-state index contributed by atoms with van der Waals surface area (Å²) >= 11 is 0. The zero-order valence-corrected chi connectivity index (χ0v) is 8.74. The molecule has 0 aliphatic heterocycles. The van der Waals surface area contributed by atoms with Gasteiger partial charge in [-0.2, -0.15) is 0 Å². The molecule has 0 aromatic carbocycles. The van der Waals surface area contributed by atoms with Crippen molar-refractivity contribution in [3.05, 3.63) is 0 Å². The van der Waals surface area contributed by atoms with E-state index in [0.29, 0.717) is 5.41 Å². The monoisotopic (exact) mass is 144 g/mol. The predicted octanol–water partition coefficient (Wildman–Crippen LogP) is 2.45. The van der Waals surface area contributed by atoms with Gasteiger partial charge in [-0.05, 0) is 11.8 Å². The Labute approximate surface area is 61.9 Å². The van der Waals surface area contributed by atoms with Crippen molar-refractivity contribution in [2.75, 3.05) is 0 Å². The van der Waals surface area contributed by atoms with Gasteiger partial charge in [0.1, 0.15) is 0 Å². The Morgan fingerprint density at radius 1 is 1.33 bits per heavy atom. The summed E-state index contributed by atoms with van der Waals surface area (Å²) in [6, 6.07) is 1.51. The fraction of sp³-hybridized carbons (Fsp3) is 1.00. The van der Waals surface area contributed by atoms with E-state index < -0.39 is 0 Å². The third-order valence-corrected chi connectivity index (χ3v) is 3.71. The van der Waals surface area contributed by atoms with Crippen LogP contribution in [0.2, 0.25) is 12.6 Å². The molecule has 0 spiro atoms. The first-order chi connectivity index (χ1) is 4.12. The molecule has 9 heavy (non-hydrogen) atoms. The average Bonchev–Trinajstić information content (AvgIpc) is 1.64. The second-order valence-electron chi connectivity index (χ2n) is 3.66. The normalized spacial score (nSPS) is 13.3. The lowest BCUT2D eigenvalue weighted by Crippen LogP contribution is -2.11. The van der Waals surface area contributed by atoms with Gasteiger partial charge < -0.3 is 0 Å². The van der Waals surface area contributed by atoms with E-state index in [2.05, 4.69) is 27.3 Å². The molecule has 0 nitrogen and oxygen atoms in total. The van der Waals surface area contributed by atoms with Crippen LogP contribution in [0.5, 0.6) is 0 Å². The van der Waals surface area contributed by atoms with E-state index in [0.717, 1.165) is 0 Å². The molecule has 0 aliphatic rings. The van der Waals surface area contributed by atoms with Crippen molar-refractivity contribution in [2.45, 2.75) is 46.2 Å². The van der Waals surface area contributed by atoms with E-state index in [-0.39, 0.29) is 9.52 Å². The van der Waals surface area contributed by atoms with Gasteiger partial charge in [-0.3, -0.25) is 0 Å². The first kappa shape index (κ1) is 9.22. The molecule has 0 saturated carbocycles. The lowest BCUT2D eigenvalue weighted by atomic mass is 9.91. The Hall–Kier alpha value is 0.217. The molecule has 0 amide bonds. The lowest BCUT2D eigenvalue weighted by molar-refractivity contribution is 0.372. The lowest BCUT2D eigenvalue weighted by Gasteiger charge is -2.22. The summed E-state index contributed by atoms with van der Waals surface area (Å²) in [4.78, 5) is 0. The van der Waals surface area contributed by atoms with Crippen LogP contribution in [-0.4, -0.2) is 9.52 Å². The molecule has 0 rings (SSSR count). The van der Waals surface area contributed by atoms with Gasteiger partial charge in [-0.25, -0.2) is 0 Å². The third kappa shape index (κ3) is 4.70. The Morgan fingerprint density at radius 2 is 1.89 bits per heavy atom. The average molecular weight is 144 g/mol. The van der Waals surface area contributed by atoms with E-state index in [4.69, 9.17) is 0 Å². The summed E-state index contributed by atoms with van der Waals surface area (Å²) in [5.41, 5.74) is 0.662. The Balaban J connectivity index is 3.43. The fourth-order valence-electron chi connectivity index (χ4n) is 1.48. The minimum Gasteiger partial charge on any atom is -0.0748 e. The maximum atomic E-state index is 2.40. The van der Waals surface area contributed by atoms with Crippen LogP contribution in [0, 0.1) is 5.41 Å². The van der Waals surface area contributed by atoms with E-state index in [1.807, 2.05) is 0 Å². The summed E-state index contributed by atoms with van der Waals surface area (Å²) in [6.45, 7) is 9.47. The smallest absolute Gasteiger partial charge is 0.0172 e. The highest BCUT2D eigenvalue weighted by Gasteiger charge is 2.13. The third-order valence-electron chi connectivity index (χ3n) is 1.85. The van der Waals surface area contributed by atoms with E-state index >= 15 is 0 Å². The molecule has 0 radical (unpaired) electrons. The highest BCUT2D eigenvalue weighted by molar-refractivity contribution is 6.33. The molecule has 0 saturated heterocycles. The molecule has 0 aromatic heterocycles. The summed E-state index contributed by atoms with van der Waals surface area (Å²) < 4.78 is 0. The maximum Gasteiger partial charge on any atom is 0.0172 e. The van der Waals surface area contributed by atoms with Crippen LogP contribution < -0.4 is 0 Å². The summed E-state index contributed by atoms with van der Waals surface area (Å²) in [7, 11) is 0.290. The van der Waals surface area contributed by atoms with Crippen LogP contribution in [-0.2, 0) is 0 Å². The molecule has 56 valence electrons. The number of hydrogen-bond acceptors (Lipinski definition) is 0. The standard InChI is InChI=1S/C8H20Si/c1-5-6-8(2,3)7-9-4/h5-7,9H2,1-4H3. The Bertz CT molecular complexity index is 59.0. The first-order valence-corrected chi connectivity index (χ1v) is 6.54. The molecule has 0 N–H and O–H groups in total. The molecule has 0 aliphatic carbocycles. The maximum absolute atomic E-state index is 2.40. The van der Waals surface area contributed by atoms with Crippen LogP contribution in [0.15, 0.2) is 0 Å². The van der Waals surface area contributed by atoms with Gasteiger partial charge in [-0.1, -0.05) is 39.8 Å². The Morgan fingerprint density at radius 3 is 2.22 bits per heavy atom. The van der Waals surface area contributed by atoms with Crippen molar-refractivity contribution in [2.24, 2.45) is 5.41 Å². The van der Waals surface area contributed by atoms with Gasteiger partial charge >= 0.3 is 0 Å². The van der Waals surface area contributed by atoms with Crippen molar-refractivity contribution in [1.82, 2.24) is 0 Å². The molecule has 1 heteroatoms. The molecular formula is C8H20Si. The first-order valence-electron chi connectivity index (χ1n) is 4.12. The van der Waals surface area contributed by atoms with Crippen molar-refractivity contribution in [3.63, 3.8) is 0 Å². The minimum atomic E-state index is 0.290. The van der Waals surface area contributed by atoms with Gasteiger partial charge in [0.15, 0.2) is 0 Å². The van der Waals surface area contributed by atoms with Crippen molar-refractivity contribution in [1.29, 1.82) is 0 Å². The van der Waals surface area contributed by atoms with E-state index in [9.17, 15) is 0 Å². The van der Waals surface area contributed by atoms with Gasteiger partial charge in [0.05, 0.1) is 0 Å². The van der Waals surface area contributed by atoms with Crippen LogP contribution in [0.3, 0.4) is 0 Å². The SMILES string of the molecule is CCCC(C)(C)C[SiH2]C. The Kier molecular flexibility index (Phi) is 4.20. The van der Waals surface area contributed by atoms with E-state index in [1.165, 1.54) is 18.9 Å². The van der Waals surface area contributed by atoms with Crippen LogP contribution in [0.1, 0.15) is 33.6 Å². The van der Waals surface area contributed by atoms with Crippen LogP contribution >= 0.6 is 0 Å². The van der Waals surface area contributed by atoms with Crippen LogP contribution in [0.25, 0.3) is 0 Å². The number of hydrogen-bond donors (Lipinski definition) is 0. The highest BCUT2D eigenvalue weighted by atomic mass is 28.2. The molecule has 0 atom stereocenters. The quantitative estimate of drug-likeness (QED) is 0.532. The molecule has 0 aromatic rings. The second kappa shape index (κ2) is 4.10. The van der Waals surface area contributed by atoms with Gasteiger partial charge in [0, 0.05) is 9.52 Å². The second-order valence-corrected chi connectivity index (χ2v) is 5.16. The zero-order valence-electron chi connectivity index (χ0n) is 7.33. The predicted molar refractivity (Wildman–Crippen MR) is 47.9 cm³/mol. The highest BCUT2D eigenvalue weighted by Crippen LogP contribution is 2.26. The summed E-state index contributed by atoms with van der Waals surface area (Å²) in [5, 5.41) is 0. The fourth-order valence-corrected chi connectivity index (χ4v) is 3.08. The van der Waals surface area contributed by atoms with Crippen molar-refractivity contribution in [3.8, 4) is 0 Å². The summed E-state index contributed by atoms with van der Waals surface area (Å²) in [6.07, 6.45) is 2.76. The zero-order chi connectivity index (χ0) is 7.33.